The molecule has 2 N–H and O–H groups in total. The first-order valence-corrected chi connectivity index (χ1v) is 4.48. The molecule has 0 aromatic heterocycles. The summed E-state index contributed by atoms with van der Waals surface area (Å²) in [5.74, 6) is 1.04. The quantitative estimate of drug-likeness (QED) is 0.503. The van der Waals surface area contributed by atoms with E-state index < -0.39 is 0 Å². The van der Waals surface area contributed by atoms with Gasteiger partial charge in [-0.25, -0.2) is 0 Å². The number of rotatable bonds is 5. The van der Waals surface area contributed by atoms with Crippen LogP contribution < -0.4 is 5.73 Å². The van der Waals surface area contributed by atoms with Crippen LogP contribution in [0.15, 0.2) is 4.99 Å². The number of nitrogens with zero attached hydrogens (tertiary/aromatic N) is 1. The molecule has 72 valence electrons. The highest BCUT2D eigenvalue weighted by atomic mass is 16.5. The second-order valence-electron chi connectivity index (χ2n) is 3.22. The van der Waals surface area contributed by atoms with Crippen molar-refractivity contribution in [3.8, 4) is 0 Å². The fourth-order valence-corrected chi connectivity index (χ4v) is 0.729. The standard InChI is InChI=1S/C9H20N2O/c1-5-12-6-8(4)11-9(10)7(2)3/h7-8H,5-6H2,1-4H3,(H2,10,11). The molecule has 3 nitrogen and oxygen atoms in total. The molecule has 0 fully saturated rings. The molecule has 0 aliphatic heterocycles. The van der Waals surface area contributed by atoms with Crippen LogP contribution in [-0.2, 0) is 4.74 Å². The first kappa shape index (κ1) is 11.4. The molecule has 0 aromatic carbocycles. The maximum atomic E-state index is 5.68. The SMILES string of the molecule is CCOCC(C)N=C(N)C(C)C. The second-order valence-corrected chi connectivity index (χ2v) is 3.22. The van der Waals surface area contributed by atoms with Crippen molar-refractivity contribution in [1.29, 1.82) is 0 Å². The zero-order chi connectivity index (χ0) is 9.56. The fraction of sp³-hybridized carbons (Fsp3) is 0.889. The lowest BCUT2D eigenvalue weighted by Crippen LogP contribution is -2.23. The summed E-state index contributed by atoms with van der Waals surface area (Å²) in [6.45, 7) is 9.44. The summed E-state index contributed by atoms with van der Waals surface area (Å²) in [5.41, 5.74) is 5.68. The molecule has 0 spiro atoms. The Kier molecular flexibility index (Phi) is 5.72. The molecule has 3 heteroatoms. The number of amidine groups is 1. The van der Waals surface area contributed by atoms with Crippen LogP contribution in [0.2, 0.25) is 0 Å². The molecular formula is C9H20N2O. The average Bonchev–Trinajstić information content (AvgIpc) is 2.00. The smallest absolute Gasteiger partial charge is 0.0967 e. The van der Waals surface area contributed by atoms with E-state index in [0.717, 1.165) is 6.61 Å². The number of hydrogen-bond donors (Lipinski definition) is 1. The molecule has 0 amide bonds. The first-order valence-electron chi connectivity index (χ1n) is 4.48. The highest BCUT2D eigenvalue weighted by Crippen LogP contribution is 1.96. The molecule has 0 rings (SSSR count). The van der Waals surface area contributed by atoms with E-state index in [1.165, 1.54) is 0 Å². The van der Waals surface area contributed by atoms with Crippen LogP contribution in [-0.4, -0.2) is 25.1 Å². The van der Waals surface area contributed by atoms with Gasteiger partial charge in [0.25, 0.3) is 0 Å². The summed E-state index contributed by atoms with van der Waals surface area (Å²) >= 11 is 0. The van der Waals surface area contributed by atoms with Crippen LogP contribution in [0.4, 0.5) is 0 Å². The van der Waals surface area contributed by atoms with Crippen LogP contribution in [0, 0.1) is 5.92 Å². The number of hydrogen-bond acceptors (Lipinski definition) is 2. The van der Waals surface area contributed by atoms with Gasteiger partial charge in [0.15, 0.2) is 0 Å². The topological polar surface area (TPSA) is 47.6 Å². The Balaban J connectivity index is 3.79. The van der Waals surface area contributed by atoms with Gasteiger partial charge in [0.05, 0.1) is 18.5 Å². The summed E-state index contributed by atoms with van der Waals surface area (Å²) in [5, 5.41) is 0. The molecule has 0 aromatic rings. The van der Waals surface area contributed by atoms with Crippen LogP contribution >= 0.6 is 0 Å². The van der Waals surface area contributed by atoms with Crippen molar-refractivity contribution in [2.24, 2.45) is 16.6 Å². The largest absolute Gasteiger partial charge is 0.387 e. The van der Waals surface area contributed by atoms with Gasteiger partial charge in [-0.3, -0.25) is 4.99 Å². The molecule has 12 heavy (non-hydrogen) atoms. The summed E-state index contributed by atoms with van der Waals surface area (Å²) in [6.07, 6.45) is 0. The van der Waals surface area contributed by atoms with Crippen LogP contribution in [0.1, 0.15) is 27.7 Å². The highest BCUT2D eigenvalue weighted by Gasteiger charge is 2.02. The molecule has 1 atom stereocenters. The lowest BCUT2D eigenvalue weighted by molar-refractivity contribution is 0.137. The number of aliphatic imine (C=N–C) groups is 1. The molecule has 0 bridgehead atoms. The van der Waals surface area contributed by atoms with E-state index in [1.54, 1.807) is 0 Å². The Morgan fingerprint density at radius 1 is 1.42 bits per heavy atom. The highest BCUT2D eigenvalue weighted by molar-refractivity contribution is 5.82. The van der Waals surface area contributed by atoms with Gasteiger partial charge < -0.3 is 10.5 Å². The zero-order valence-electron chi connectivity index (χ0n) is 8.50. The average molecular weight is 172 g/mol. The molecule has 0 heterocycles. The maximum absolute atomic E-state index is 5.68. The zero-order valence-corrected chi connectivity index (χ0v) is 8.50. The monoisotopic (exact) mass is 172 g/mol. The van der Waals surface area contributed by atoms with Crippen LogP contribution in [0.3, 0.4) is 0 Å². The van der Waals surface area contributed by atoms with Gasteiger partial charge in [-0.05, 0) is 13.8 Å². The van der Waals surface area contributed by atoms with Gasteiger partial charge in [-0.1, -0.05) is 13.8 Å². The maximum Gasteiger partial charge on any atom is 0.0967 e. The third-order valence-electron chi connectivity index (χ3n) is 1.52. The van der Waals surface area contributed by atoms with E-state index in [2.05, 4.69) is 4.99 Å². The van der Waals surface area contributed by atoms with E-state index in [1.807, 2.05) is 27.7 Å². The molecule has 0 aliphatic carbocycles. The molecule has 0 saturated heterocycles. The van der Waals surface area contributed by atoms with Crippen molar-refractivity contribution in [1.82, 2.24) is 0 Å². The van der Waals surface area contributed by atoms with Crippen molar-refractivity contribution in [3.05, 3.63) is 0 Å². The van der Waals surface area contributed by atoms with Gasteiger partial charge in [0, 0.05) is 12.5 Å². The Morgan fingerprint density at radius 2 is 2.00 bits per heavy atom. The fourth-order valence-electron chi connectivity index (χ4n) is 0.729. The minimum absolute atomic E-state index is 0.173. The van der Waals surface area contributed by atoms with Crippen molar-refractivity contribution in [2.45, 2.75) is 33.7 Å². The lowest BCUT2D eigenvalue weighted by Gasteiger charge is -2.09. The van der Waals surface area contributed by atoms with Crippen molar-refractivity contribution in [2.75, 3.05) is 13.2 Å². The van der Waals surface area contributed by atoms with Crippen molar-refractivity contribution < 1.29 is 4.74 Å². The van der Waals surface area contributed by atoms with E-state index in [0.29, 0.717) is 18.4 Å². The van der Waals surface area contributed by atoms with Gasteiger partial charge in [-0.2, -0.15) is 0 Å². The van der Waals surface area contributed by atoms with Crippen molar-refractivity contribution >= 4 is 5.84 Å². The predicted molar refractivity (Wildman–Crippen MR) is 52.4 cm³/mol. The molecule has 0 aliphatic rings. The molecular weight excluding hydrogens is 152 g/mol. The Bertz CT molecular complexity index is 143. The van der Waals surface area contributed by atoms with Gasteiger partial charge in [0.1, 0.15) is 0 Å². The van der Waals surface area contributed by atoms with E-state index in [4.69, 9.17) is 10.5 Å². The molecule has 1 unspecified atom stereocenters. The van der Waals surface area contributed by atoms with Crippen LogP contribution in [0.5, 0.6) is 0 Å². The van der Waals surface area contributed by atoms with Gasteiger partial charge in [0.2, 0.25) is 0 Å². The Hall–Kier alpha value is -0.570. The van der Waals surface area contributed by atoms with E-state index >= 15 is 0 Å². The summed E-state index contributed by atoms with van der Waals surface area (Å²) in [4.78, 5) is 4.28. The summed E-state index contributed by atoms with van der Waals surface area (Å²) in [6, 6.07) is 0.173. The Labute approximate surface area is 75.0 Å². The summed E-state index contributed by atoms with van der Waals surface area (Å²) in [7, 11) is 0. The molecule has 0 saturated carbocycles. The third kappa shape index (κ3) is 5.13. The lowest BCUT2D eigenvalue weighted by atomic mass is 10.2. The van der Waals surface area contributed by atoms with Crippen molar-refractivity contribution in [3.63, 3.8) is 0 Å². The minimum Gasteiger partial charge on any atom is -0.387 e. The second kappa shape index (κ2) is 6.00. The minimum atomic E-state index is 0.173. The van der Waals surface area contributed by atoms with Crippen LogP contribution in [0.25, 0.3) is 0 Å². The normalized spacial score (nSPS) is 15.2. The van der Waals surface area contributed by atoms with Gasteiger partial charge >= 0.3 is 0 Å². The molecule has 0 radical (unpaired) electrons. The third-order valence-corrected chi connectivity index (χ3v) is 1.52. The van der Waals surface area contributed by atoms with E-state index in [9.17, 15) is 0 Å². The van der Waals surface area contributed by atoms with E-state index in [-0.39, 0.29) is 6.04 Å². The first-order chi connectivity index (χ1) is 5.57. The number of ether oxygens (including phenoxy) is 1. The predicted octanol–water partition coefficient (Wildman–Crippen LogP) is 1.42. The number of nitrogens with two attached hydrogens (primary N) is 1. The van der Waals surface area contributed by atoms with Gasteiger partial charge in [-0.15, -0.1) is 0 Å². The Morgan fingerprint density at radius 3 is 2.42 bits per heavy atom. The summed E-state index contributed by atoms with van der Waals surface area (Å²) < 4.78 is 5.21.